The van der Waals surface area contributed by atoms with E-state index in [1.165, 1.54) is 31.0 Å². The summed E-state index contributed by atoms with van der Waals surface area (Å²) in [5.74, 6) is -0.107. The molecule has 174 valence electrons. The maximum Gasteiger partial charge on any atom is 0.195 e. The number of carbonyl (C=O) groups is 2. The largest absolute Gasteiger partial charge is 0.324 e. The molecular weight excluding hydrogens is 418 g/mol. The minimum absolute atomic E-state index is 0.0404. The maximum atomic E-state index is 12.3. The second-order valence-electron chi connectivity index (χ2n) is 8.41. The lowest BCUT2D eigenvalue weighted by molar-refractivity contribution is 0.0992. The molecule has 3 heteroatoms. The Labute approximate surface area is 203 Å². The van der Waals surface area contributed by atoms with Crippen LogP contribution in [0, 0.1) is 0 Å². The van der Waals surface area contributed by atoms with Crippen molar-refractivity contribution in [2.24, 2.45) is 0 Å². The summed E-state index contributed by atoms with van der Waals surface area (Å²) in [4.78, 5) is 23.8. The Morgan fingerprint density at radius 2 is 1.50 bits per heavy atom. The van der Waals surface area contributed by atoms with E-state index < -0.39 is 0 Å². The van der Waals surface area contributed by atoms with Gasteiger partial charge in [0.2, 0.25) is 0 Å². The molecule has 1 heterocycles. The van der Waals surface area contributed by atoms with Crippen molar-refractivity contribution in [1.29, 1.82) is 0 Å². The Morgan fingerprint density at radius 3 is 2.15 bits per heavy atom. The number of unbranched alkanes of at least 4 members (excludes halogenated alkanes) is 1. The molecule has 0 bridgehead atoms. The number of hydrogen-bond donors (Lipinski definition) is 0. The van der Waals surface area contributed by atoms with Crippen LogP contribution in [-0.4, -0.2) is 16.1 Å². The van der Waals surface area contributed by atoms with Crippen molar-refractivity contribution in [2.45, 2.75) is 47.0 Å². The summed E-state index contributed by atoms with van der Waals surface area (Å²) in [6.07, 6.45) is 16.4. The third-order valence-electron chi connectivity index (χ3n) is 5.88. The molecule has 5 rings (SSSR count). The highest BCUT2D eigenvalue weighted by molar-refractivity contribution is 6.25. The van der Waals surface area contributed by atoms with E-state index in [-0.39, 0.29) is 11.6 Å². The van der Waals surface area contributed by atoms with Crippen molar-refractivity contribution < 1.29 is 9.59 Å². The molecule has 3 aromatic rings. The number of hydrogen-bond acceptors (Lipinski definition) is 2. The van der Waals surface area contributed by atoms with Gasteiger partial charge in [-0.1, -0.05) is 87.4 Å². The highest BCUT2D eigenvalue weighted by Gasteiger charge is 2.29. The zero-order valence-corrected chi connectivity index (χ0v) is 20.5. The molecule has 0 unspecified atom stereocenters. The smallest absolute Gasteiger partial charge is 0.195 e. The molecule has 0 aliphatic heterocycles. The molecule has 2 aromatic carbocycles. The van der Waals surface area contributed by atoms with Gasteiger partial charge in [-0.25, -0.2) is 0 Å². The van der Waals surface area contributed by atoms with Crippen LogP contribution in [0.25, 0.3) is 16.8 Å². The highest BCUT2D eigenvalue weighted by atomic mass is 16.1. The number of Topliss-reactive ketones (excluding diaryl/α,β-unsaturated/α-hetero) is 1. The van der Waals surface area contributed by atoms with Gasteiger partial charge in [0.05, 0.1) is 0 Å². The zero-order chi connectivity index (χ0) is 24.5. The molecule has 34 heavy (non-hydrogen) atoms. The minimum atomic E-state index is -0.0667. The molecule has 1 aromatic heterocycles. The Kier molecular flexibility index (Phi) is 8.75. The van der Waals surface area contributed by atoms with Crippen molar-refractivity contribution in [2.75, 3.05) is 0 Å². The maximum absolute atomic E-state index is 12.3. The summed E-state index contributed by atoms with van der Waals surface area (Å²) in [5, 5.41) is 0. The molecule has 0 spiro atoms. The molecule has 0 atom stereocenters. The first-order valence-electron chi connectivity index (χ1n) is 11.9. The molecule has 3 nitrogen and oxygen atoms in total. The molecule has 0 N–H and O–H groups in total. The number of rotatable bonds is 3. The first-order valence-corrected chi connectivity index (χ1v) is 11.9. The summed E-state index contributed by atoms with van der Waals surface area (Å²) in [5.41, 5.74) is 6.26. The van der Waals surface area contributed by atoms with Gasteiger partial charge >= 0.3 is 0 Å². The fourth-order valence-electron chi connectivity index (χ4n) is 3.88. The number of benzene rings is 2. The number of ketones is 2. The van der Waals surface area contributed by atoms with Crippen molar-refractivity contribution in [1.82, 2.24) is 4.57 Å². The Morgan fingerprint density at radius 1 is 0.853 bits per heavy atom. The van der Waals surface area contributed by atoms with Crippen LogP contribution >= 0.6 is 0 Å². The van der Waals surface area contributed by atoms with E-state index in [1.54, 1.807) is 6.07 Å². The fourth-order valence-corrected chi connectivity index (χ4v) is 3.88. The average Bonchev–Trinajstić information content (AvgIpc) is 3.43. The van der Waals surface area contributed by atoms with Crippen molar-refractivity contribution in [3.63, 3.8) is 0 Å². The lowest BCUT2D eigenvalue weighted by Gasteiger charge is -2.07. The first-order chi connectivity index (χ1) is 16.5. The molecule has 2 aliphatic carbocycles. The van der Waals surface area contributed by atoms with E-state index in [0.29, 0.717) is 16.7 Å². The lowest BCUT2D eigenvalue weighted by atomic mass is 9.99. The van der Waals surface area contributed by atoms with Gasteiger partial charge in [0, 0.05) is 34.8 Å². The molecule has 0 radical (unpaired) electrons. The van der Waals surface area contributed by atoms with Crippen LogP contribution in [0.3, 0.4) is 0 Å². The molecular formula is C31H33NO2. The van der Waals surface area contributed by atoms with Crippen LogP contribution < -0.4 is 0 Å². The van der Waals surface area contributed by atoms with E-state index in [9.17, 15) is 9.59 Å². The van der Waals surface area contributed by atoms with Gasteiger partial charge in [-0.3, -0.25) is 9.59 Å². The van der Waals surface area contributed by atoms with Crippen molar-refractivity contribution in [3.05, 3.63) is 114 Å². The number of aromatic nitrogens is 1. The van der Waals surface area contributed by atoms with Gasteiger partial charge in [0.15, 0.2) is 11.6 Å². The molecule has 0 amide bonds. The molecule has 0 saturated heterocycles. The van der Waals surface area contributed by atoms with E-state index in [0.717, 1.165) is 17.5 Å². The van der Waals surface area contributed by atoms with Gasteiger partial charge in [-0.05, 0) is 55.2 Å². The predicted octanol–water partition coefficient (Wildman–Crippen LogP) is 8.14. The standard InChI is InChI=1S/C15H10O2.C12H13N.C4H10/c1-9(16)10-7-4-8-12-11-5-2-3-6-13(11)15(17)14(10)12;1-11-7-3-2-4-8-12(11)13-9-5-6-10-13;1-3-4-2/h2-8H,1H3;2-6,8-10H,7H2,1H3;3-4H2,1-2H3. The van der Waals surface area contributed by atoms with Crippen molar-refractivity contribution >= 4 is 17.3 Å². The average molecular weight is 452 g/mol. The Bertz CT molecular complexity index is 1240. The first kappa shape index (κ1) is 24.9. The fraction of sp³-hybridized carbons (Fsp3) is 0.226. The summed E-state index contributed by atoms with van der Waals surface area (Å²) in [7, 11) is 0. The monoisotopic (exact) mass is 451 g/mol. The van der Waals surface area contributed by atoms with Crippen LogP contribution in [0.2, 0.25) is 0 Å². The zero-order valence-electron chi connectivity index (χ0n) is 20.5. The quantitative estimate of drug-likeness (QED) is 0.295. The number of nitrogens with zero attached hydrogens (tertiary/aromatic N) is 1. The summed E-state index contributed by atoms with van der Waals surface area (Å²) in [6, 6.07) is 17.0. The van der Waals surface area contributed by atoms with Crippen molar-refractivity contribution in [3.8, 4) is 11.1 Å². The highest BCUT2D eigenvalue weighted by Crippen LogP contribution is 2.38. The van der Waals surface area contributed by atoms with Crippen LogP contribution in [0.5, 0.6) is 0 Å². The predicted molar refractivity (Wildman–Crippen MR) is 142 cm³/mol. The second-order valence-corrected chi connectivity index (χ2v) is 8.41. The normalized spacial score (nSPS) is 13.2. The minimum Gasteiger partial charge on any atom is -0.324 e. The van der Waals surface area contributed by atoms with E-state index in [4.69, 9.17) is 0 Å². The topological polar surface area (TPSA) is 39.1 Å². The van der Waals surface area contributed by atoms with Crippen LogP contribution in [0.4, 0.5) is 0 Å². The van der Waals surface area contributed by atoms with Crippen LogP contribution in [0.1, 0.15) is 73.2 Å². The Hall–Kier alpha value is -3.72. The SMILES string of the molecule is CC(=O)c1cccc2c1C(=O)c1ccccc1-2.CC1=C(n2cccc2)C=CC=CC1.CCCC. The molecule has 0 saturated carbocycles. The number of carbonyl (C=O) groups excluding carboxylic acids is 2. The van der Waals surface area contributed by atoms with E-state index >= 15 is 0 Å². The van der Waals surface area contributed by atoms with Crippen LogP contribution in [-0.2, 0) is 0 Å². The summed E-state index contributed by atoms with van der Waals surface area (Å²) in [6.45, 7) is 8.03. The Balaban J connectivity index is 0.000000170. The summed E-state index contributed by atoms with van der Waals surface area (Å²) >= 11 is 0. The molecule has 0 fully saturated rings. The van der Waals surface area contributed by atoms with Crippen LogP contribution in [0.15, 0.2) is 96.9 Å². The number of fused-ring (bicyclic) bond motifs is 3. The third kappa shape index (κ3) is 5.60. The lowest BCUT2D eigenvalue weighted by Crippen LogP contribution is -2.04. The van der Waals surface area contributed by atoms with E-state index in [2.05, 4.69) is 62.0 Å². The van der Waals surface area contributed by atoms with Gasteiger partial charge in [-0.15, -0.1) is 0 Å². The van der Waals surface area contributed by atoms with Gasteiger partial charge < -0.3 is 4.57 Å². The van der Waals surface area contributed by atoms with Gasteiger partial charge in [0.1, 0.15) is 0 Å². The molecule has 2 aliphatic rings. The second kappa shape index (κ2) is 11.9. The van der Waals surface area contributed by atoms with E-state index in [1.807, 2.05) is 48.5 Å². The summed E-state index contributed by atoms with van der Waals surface area (Å²) < 4.78 is 2.15. The van der Waals surface area contributed by atoms with Gasteiger partial charge in [0.25, 0.3) is 0 Å². The van der Waals surface area contributed by atoms with Gasteiger partial charge in [-0.2, -0.15) is 0 Å². The number of allylic oxidation sites excluding steroid dienone is 6. The third-order valence-corrected chi connectivity index (χ3v) is 5.88.